The molecule has 6 nitrogen and oxygen atoms in total. The lowest BCUT2D eigenvalue weighted by atomic mass is 10.1. The normalized spacial score (nSPS) is 10.8. The van der Waals surface area contributed by atoms with E-state index in [4.69, 9.17) is 9.47 Å². The average Bonchev–Trinajstić information content (AvgIpc) is 2.64. The van der Waals surface area contributed by atoms with Gasteiger partial charge >= 0.3 is 6.18 Å². The molecule has 0 radical (unpaired) electrons. The fourth-order valence-corrected chi connectivity index (χ4v) is 1.93. The minimum Gasteiger partial charge on any atom is -0.493 e. The summed E-state index contributed by atoms with van der Waals surface area (Å²) in [4.78, 5) is 23.5. The van der Waals surface area contributed by atoms with Crippen molar-refractivity contribution in [1.29, 1.82) is 0 Å². The van der Waals surface area contributed by atoms with Crippen molar-refractivity contribution in [2.45, 2.75) is 6.18 Å². The number of rotatable bonds is 5. The fraction of sp³-hybridized carbons (Fsp3) is 0.176. The van der Waals surface area contributed by atoms with Gasteiger partial charge in [-0.2, -0.15) is 13.2 Å². The third-order valence-corrected chi connectivity index (χ3v) is 3.22. The Bertz CT molecular complexity index is 776. The Morgan fingerprint density at radius 2 is 1.58 bits per heavy atom. The summed E-state index contributed by atoms with van der Waals surface area (Å²) in [5.41, 5.74) is 3.29. The van der Waals surface area contributed by atoms with Gasteiger partial charge in [0, 0.05) is 5.56 Å². The summed E-state index contributed by atoms with van der Waals surface area (Å²) >= 11 is 0. The topological polar surface area (TPSA) is 76.7 Å². The zero-order valence-electron chi connectivity index (χ0n) is 13.6. The lowest BCUT2D eigenvalue weighted by Gasteiger charge is -2.11. The van der Waals surface area contributed by atoms with E-state index in [1.54, 1.807) is 24.3 Å². The zero-order chi connectivity index (χ0) is 19.2. The van der Waals surface area contributed by atoms with Crippen LogP contribution in [0.25, 0.3) is 0 Å². The number of halogens is 3. The summed E-state index contributed by atoms with van der Waals surface area (Å²) in [6.45, 7) is -0.395. The molecule has 138 valence electrons. The summed E-state index contributed by atoms with van der Waals surface area (Å²) in [7, 11) is 1.45. The van der Waals surface area contributed by atoms with Gasteiger partial charge in [-0.25, -0.2) is 0 Å². The van der Waals surface area contributed by atoms with E-state index in [2.05, 4.69) is 10.9 Å². The van der Waals surface area contributed by atoms with E-state index in [1.807, 2.05) is 0 Å². The van der Waals surface area contributed by atoms with Crippen LogP contribution >= 0.6 is 0 Å². The first-order chi connectivity index (χ1) is 12.3. The monoisotopic (exact) mass is 368 g/mol. The number of carbonyl (C=O) groups is 2. The second-order valence-electron chi connectivity index (χ2n) is 5.02. The van der Waals surface area contributed by atoms with Gasteiger partial charge in [0.2, 0.25) is 0 Å². The summed E-state index contributed by atoms with van der Waals surface area (Å²) in [6.07, 6.45) is -4.49. The Hall–Kier alpha value is -3.23. The summed E-state index contributed by atoms with van der Waals surface area (Å²) in [6, 6.07) is 10.3. The van der Waals surface area contributed by atoms with Crippen molar-refractivity contribution in [3.8, 4) is 11.5 Å². The number of hydrazine groups is 1. The summed E-state index contributed by atoms with van der Waals surface area (Å²) < 4.78 is 47.7. The predicted octanol–water partition coefficient (Wildman–Crippen LogP) is 2.55. The Morgan fingerprint density at radius 1 is 0.962 bits per heavy atom. The Kier molecular flexibility index (Phi) is 6.05. The number of para-hydroxylation sites is 2. The smallest absolute Gasteiger partial charge is 0.416 e. The number of alkyl halides is 3. The highest BCUT2D eigenvalue weighted by atomic mass is 19.4. The molecule has 0 aliphatic heterocycles. The van der Waals surface area contributed by atoms with Gasteiger partial charge in [0.05, 0.1) is 12.7 Å². The van der Waals surface area contributed by atoms with E-state index in [0.717, 1.165) is 24.3 Å². The van der Waals surface area contributed by atoms with Gasteiger partial charge in [0.15, 0.2) is 18.1 Å². The molecule has 9 heteroatoms. The molecule has 0 bridgehead atoms. The average molecular weight is 368 g/mol. The lowest BCUT2D eigenvalue weighted by Crippen LogP contribution is -2.43. The highest BCUT2D eigenvalue weighted by Crippen LogP contribution is 2.29. The standard InChI is InChI=1S/C17H15F3N2O4/c1-25-13-4-2-3-5-14(13)26-10-15(23)21-22-16(24)11-6-8-12(9-7-11)17(18,19)20/h2-9H,10H2,1H3,(H,21,23)(H,22,24). The number of nitrogens with one attached hydrogen (secondary N) is 2. The first-order valence-corrected chi connectivity index (χ1v) is 7.33. The second kappa shape index (κ2) is 8.24. The van der Waals surface area contributed by atoms with Crippen LogP contribution in [0.2, 0.25) is 0 Å². The van der Waals surface area contributed by atoms with Crippen LogP contribution in [-0.2, 0) is 11.0 Å². The van der Waals surface area contributed by atoms with Crippen molar-refractivity contribution in [3.63, 3.8) is 0 Å². The lowest BCUT2D eigenvalue weighted by molar-refractivity contribution is -0.137. The molecule has 0 aliphatic carbocycles. The molecule has 0 saturated heterocycles. The van der Waals surface area contributed by atoms with Crippen molar-refractivity contribution in [2.75, 3.05) is 13.7 Å². The molecule has 2 aromatic rings. The van der Waals surface area contributed by atoms with E-state index >= 15 is 0 Å². The first-order valence-electron chi connectivity index (χ1n) is 7.33. The van der Waals surface area contributed by atoms with Crippen LogP contribution in [-0.4, -0.2) is 25.5 Å². The molecule has 0 spiro atoms. The molecule has 2 aromatic carbocycles. The van der Waals surface area contributed by atoms with Gasteiger partial charge < -0.3 is 9.47 Å². The Balaban J connectivity index is 1.84. The van der Waals surface area contributed by atoms with Gasteiger partial charge in [0.25, 0.3) is 11.8 Å². The maximum atomic E-state index is 12.5. The van der Waals surface area contributed by atoms with E-state index in [-0.39, 0.29) is 5.56 Å². The van der Waals surface area contributed by atoms with Crippen molar-refractivity contribution in [2.24, 2.45) is 0 Å². The van der Waals surface area contributed by atoms with E-state index in [1.165, 1.54) is 7.11 Å². The van der Waals surface area contributed by atoms with Gasteiger partial charge in [0.1, 0.15) is 0 Å². The van der Waals surface area contributed by atoms with E-state index < -0.39 is 30.2 Å². The summed E-state index contributed by atoms with van der Waals surface area (Å²) in [5, 5.41) is 0. The van der Waals surface area contributed by atoms with Crippen LogP contribution < -0.4 is 20.3 Å². The van der Waals surface area contributed by atoms with Crippen LogP contribution in [0.3, 0.4) is 0 Å². The largest absolute Gasteiger partial charge is 0.493 e. The molecular formula is C17H15F3N2O4. The Labute approximate surface area is 146 Å². The first kappa shape index (κ1) is 19.1. The number of benzene rings is 2. The molecule has 2 N–H and O–H groups in total. The van der Waals surface area contributed by atoms with Crippen LogP contribution in [0.1, 0.15) is 15.9 Å². The fourth-order valence-electron chi connectivity index (χ4n) is 1.93. The van der Waals surface area contributed by atoms with E-state index in [0.29, 0.717) is 11.5 Å². The third kappa shape index (κ3) is 5.13. The van der Waals surface area contributed by atoms with Crippen LogP contribution in [0.5, 0.6) is 11.5 Å². The minimum atomic E-state index is -4.49. The van der Waals surface area contributed by atoms with Gasteiger partial charge in [-0.15, -0.1) is 0 Å². The maximum absolute atomic E-state index is 12.5. The van der Waals surface area contributed by atoms with E-state index in [9.17, 15) is 22.8 Å². The molecule has 0 aliphatic rings. The number of amides is 2. The number of hydrogen-bond donors (Lipinski definition) is 2. The molecule has 0 heterocycles. The van der Waals surface area contributed by atoms with Crippen molar-refractivity contribution in [1.82, 2.24) is 10.9 Å². The van der Waals surface area contributed by atoms with Gasteiger partial charge in [-0.1, -0.05) is 12.1 Å². The van der Waals surface area contributed by atoms with Gasteiger partial charge in [-0.05, 0) is 36.4 Å². The number of carbonyl (C=O) groups excluding carboxylic acids is 2. The molecule has 26 heavy (non-hydrogen) atoms. The minimum absolute atomic E-state index is 0.0380. The molecule has 0 fully saturated rings. The second-order valence-corrected chi connectivity index (χ2v) is 5.02. The maximum Gasteiger partial charge on any atom is 0.416 e. The number of ether oxygens (including phenoxy) is 2. The quantitative estimate of drug-likeness (QED) is 0.796. The van der Waals surface area contributed by atoms with Crippen LogP contribution in [0.15, 0.2) is 48.5 Å². The van der Waals surface area contributed by atoms with Crippen LogP contribution in [0.4, 0.5) is 13.2 Å². The highest BCUT2D eigenvalue weighted by molar-refractivity contribution is 5.95. The number of methoxy groups -OCH3 is 1. The highest BCUT2D eigenvalue weighted by Gasteiger charge is 2.30. The zero-order valence-corrected chi connectivity index (χ0v) is 13.6. The Morgan fingerprint density at radius 3 is 2.15 bits per heavy atom. The summed E-state index contributed by atoms with van der Waals surface area (Å²) in [5.74, 6) is -0.631. The molecular weight excluding hydrogens is 353 g/mol. The number of hydrogen-bond acceptors (Lipinski definition) is 4. The van der Waals surface area contributed by atoms with Crippen LogP contribution in [0, 0.1) is 0 Å². The van der Waals surface area contributed by atoms with Crippen molar-refractivity contribution < 1.29 is 32.2 Å². The van der Waals surface area contributed by atoms with Crippen molar-refractivity contribution >= 4 is 11.8 Å². The molecule has 2 rings (SSSR count). The molecule has 0 unspecified atom stereocenters. The SMILES string of the molecule is COc1ccccc1OCC(=O)NNC(=O)c1ccc(C(F)(F)F)cc1. The van der Waals surface area contributed by atoms with Crippen molar-refractivity contribution in [3.05, 3.63) is 59.7 Å². The molecule has 2 amide bonds. The molecule has 0 atom stereocenters. The predicted molar refractivity (Wildman–Crippen MR) is 85.5 cm³/mol. The third-order valence-electron chi connectivity index (χ3n) is 3.22. The molecule has 0 saturated carbocycles. The van der Waals surface area contributed by atoms with Gasteiger partial charge in [-0.3, -0.25) is 20.4 Å². The molecule has 0 aromatic heterocycles.